The maximum Gasteiger partial charge on any atom is 0.202 e. The summed E-state index contributed by atoms with van der Waals surface area (Å²) < 4.78 is 6.09. The van der Waals surface area contributed by atoms with E-state index in [2.05, 4.69) is 0 Å². The van der Waals surface area contributed by atoms with Crippen LogP contribution in [-0.4, -0.2) is 11.5 Å². The van der Waals surface area contributed by atoms with Crippen LogP contribution >= 0.6 is 11.6 Å². The van der Waals surface area contributed by atoms with E-state index in [9.17, 15) is 0 Å². The van der Waals surface area contributed by atoms with Crippen LogP contribution in [-0.2, 0) is 5.41 Å². The van der Waals surface area contributed by atoms with Crippen LogP contribution in [0.25, 0.3) is 11.1 Å². The lowest BCUT2D eigenvalue weighted by Crippen LogP contribution is -2.35. The first-order chi connectivity index (χ1) is 9.64. The third kappa shape index (κ3) is 2.33. The highest BCUT2D eigenvalue weighted by Gasteiger charge is 2.36. The number of hydrogen-bond donors (Lipinski definition) is 1. The van der Waals surface area contributed by atoms with Crippen molar-refractivity contribution >= 4 is 22.7 Å². The van der Waals surface area contributed by atoms with Crippen molar-refractivity contribution in [3.05, 3.63) is 28.6 Å². The number of aromatic nitrogens is 1. The molecule has 1 aromatic heterocycles. The minimum absolute atomic E-state index is 0.0889. The van der Waals surface area contributed by atoms with Crippen molar-refractivity contribution in [2.45, 2.75) is 50.9 Å². The molecule has 2 aromatic rings. The maximum absolute atomic E-state index is 6.11. The van der Waals surface area contributed by atoms with Crippen LogP contribution in [0.15, 0.2) is 16.5 Å². The molecule has 3 nitrogen and oxygen atoms in total. The second-order valence-corrected chi connectivity index (χ2v) is 6.43. The van der Waals surface area contributed by atoms with Crippen LogP contribution in [0, 0.1) is 6.92 Å². The predicted molar refractivity (Wildman–Crippen MR) is 82.2 cm³/mol. The molecular weight excluding hydrogens is 272 g/mol. The molecule has 3 rings (SSSR count). The Kier molecular flexibility index (Phi) is 3.74. The zero-order chi connectivity index (χ0) is 14.2. The first-order valence-electron chi connectivity index (χ1n) is 7.42. The summed E-state index contributed by atoms with van der Waals surface area (Å²) in [5, 5.41) is 0.706. The summed E-state index contributed by atoms with van der Waals surface area (Å²) in [6, 6.07) is 3.79. The largest absolute Gasteiger partial charge is 0.440 e. The monoisotopic (exact) mass is 292 g/mol. The molecule has 1 aromatic carbocycles. The second-order valence-electron chi connectivity index (χ2n) is 5.99. The summed E-state index contributed by atoms with van der Waals surface area (Å²) in [4.78, 5) is 4.71. The molecule has 0 saturated heterocycles. The van der Waals surface area contributed by atoms with Crippen LogP contribution in [0.5, 0.6) is 0 Å². The molecule has 20 heavy (non-hydrogen) atoms. The fraction of sp³-hybridized carbons (Fsp3) is 0.562. The first kappa shape index (κ1) is 13.9. The maximum atomic E-state index is 6.11. The summed E-state index contributed by atoms with van der Waals surface area (Å²) in [5.74, 6) is 0.808. The van der Waals surface area contributed by atoms with Gasteiger partial charge in [-0.2, -0.15) is 0 Å². The Morgan fingerprint density at radius 1 is 1.25 bits per heavy atom. The number of fused-ring (bicyclic) bond motifs is 1. The van der Waals surface area contributed by atoms with Gasteiger partial charge in [-0.15, -0.1) is 0 Å². The lowest BCUT2D eigenvalue weighted by atomic mass is 9.80. The number of oxazole rings is 1. The van der Waals surface area contributed by atoms with Crippen LogP contribution in [0.1, 0.15) is 50.0 Å². The van der Waals surface area contributed by atoms with Gasteiger partial charge < -0.3 is 10.2 Å². The average Bonchev–Trinajstić information content (AvgIpc) is 2.71. The van der Waals surface area contributed by atoms with Crippen molar-refractivity contribution in [3.63, 3.8) is 0 Å². The van der Waals surface area contributed by atoms with Gasteiger partial charge in [-0.25, -0.2) is 4.98 Å². The van der Waals surface area contributed by atoms with Crippen molar-refractivity contribution in [2.24, 2.45) is 5.73 Å². The van der Waals surface area contributed by atoms with Gasteiger partial charge in [0.15, 0.2) is 5.58 Å². The molecule has 0 unspecified atom stereocenters. The molecule has 0 atom stereocenters. The number of rotatable bonds is 2. The molecule has 1 heterocycles. The molecular formula is C16H21ClN2O. The van der Waals surface area contributed by atoms with Gasteiger partial charge in [0.05, 0.1) is 5.41 Å². The van der Waals surface area contributed by atoms with Gasteiger partial charge in [-0.1, -0.05) is 37.3 Å². The number of benzene rings is 1. The highest BCUT2D eigenvalue weighted by molar-refractivity contribution is 6.31. The van der Waals surface area contributed by atoms with E-state index in [4.69, 9.17) is 26.7 Å². The van der Waals surface area contributed by atoms with E-state index >= 15 is 0 Å². The highest BCUT2D eigenvalue weighted by Crippen LogP contribution is 2.39. The highest BCUT2D eigenvalue weighted by atomic mass is 35.5. The Morgan fingerprint density at radius 3 is 2.60 bits per heavy atom. The van der Waals surface area contributed by atoms with Crippen molar-refractivity contribution in [3.8, 4) is 0 Å². The molecule has 0 amide bonds. The molecule has 0 aliphatic heterocycles. The van der Waals surface area contributed by atoms with Gasteiger partial charge in [0, 0.05) is 11.6 Å². The Labute approximate surface area is 124 Å². The number of aryl methyl sites for hydroxylation is 1. The Hall–Kier alpha value is -1.06. The minimum atomic E-state index is -0.0889. The van der Waals surface area contributed by atoms with Crippen LogP contribution in [0.4, 0.5) is 0 Å². The fourth-order valence-electron chi connectivity index (χ4n) is 3.29. The molecule has 0 bridgehead atoms. The number of halogens is 1. The van der Waals surface area contributed by atoms with Gasteiger partial charge >= 0.3 is 0 Å². The number of nitrogens with zero attached hydrogens (tertiary/aromatic N) is 1. The molecule has 2 N–H and O–H groups in total. The van der Waals surface area contributed by atoms with Gasteiger partial charge in [0.2, 0.25) is 5.89 Å². The Morgan fingerprint density at radius 2 is 1.95 bits per heavy atom. The van der Waals surface area contributed by atoms with E-state index in [-0.39, 0.29) is 5.41 Å². The van der Waals surface area contributed by atoms with E-state index in [1.807, 2.05) is 19.1 Å². The molecule has 4 heteroatoms. The lowest BCUT2D eigenvalue weighted by Gasteiger charge is -2.27. The van der Waals surface area contributed by atoms with E-state index in [0.717, 1.165) is 35.4 Å². The summed E-state index contributed by atoms with van der Waals surface area (Å²) in [7, 11) is 0. The summed E-state index contributed by atoms with van der Waals surface area (Å²) in [6.07, 6.45) is 7.12. The zero-order valence-corrected chi connectivity index (χ0v) is 12.7. The fourth-order valence-corrected chi connectivity index (χ4v) is 3.56. The van der Waals surface area contributed by atoms with Gasteiger partial charge in [-0.05, 0) is 37.5 Å². The third-order valence-electron chi connectivity index (χ3n) is 4.55. The quantitative estimate of drug-likeness (QED) is 0.838. The molecule has 1 fully saturated rings. The van der Waals surface area contributed by atoms with E-state index in [1.165, 1.54) is 25.7 Å². The van der Waals surface area contributed by atoms with Crippen LogP contribution in [0.2, 0.25) is 5.02 Å². The van der Waals surface area contributed by atoms with Gasteiger partial charge in [0.1, 0.15) is 5.52 Å². The van der Waals surface area contributed by atoms with Gasteiger partial charge in [-0.3, -0.25) is 0 Å². The normalized spacial score (nSPS) is 19.1. The smallest absolute Gasteiger partial charge is 0.202 e. The second kappa shape index (κ2) is 5.38. The van der Waals surface area contributed by atoms with Gasteiger partial charge in [0.25, 0.3) is 0 Å². The predicted octanol–water partition coefficient (Wildman–Crippen LogP) is 4.34. The van der Waals surface area contributed by atoms with Crippen molar-refractivity contribution in [1.29, 1.82) is 0 Å². The average molecular weight is 293 g/mol. The topological polar surface area (TPSA) is 52.0 Å². The van der Waals surface area contributed by atoms with Crippen molar-refractivity contribution < 1.29 is 4.42 Å². The zero-order valence-electron chi connectivity index (χ0n) is 11.9. The molecule has 108 valence electrons. The van der Waals surface area contributed by atoms with E-state index < -0.39 is 0 Å². The number of hydrogen-bond acceptors (Lipinski definition) is 3. The first-order valence-corrected chi connectivity index (χ1v) is 7.80. The van der Waals surface area contributed by atoms with Crippen LogP contribution < -0.4 is 5.73 Å². The Bertz CT molecular complexity index is 612. The van der Waals surface area contributed by atoms with E-state index in [1.54, 1.807) is 0 Å². The summed E-state index contributed by atoms with van der Waals surface area (Å²) in [5.41, 5.74) is 8.75. The van der Waals surface area contributed by atoms with Crippen molar-refractivity contribution in [1.82, 2.24) is 4.98 Å². The summed E-state index contributed by atoms with van der Waals surface area (Å²) >= 11 is 6.11. The molecule has 1 saturated carbocycles. The standard InChI is InChI=1S/C16H21ClN2O/c1-11-8-12(17)9-13-14(11)20-15(19-13)16(10-18)6-4-2-3-5-7-16/h8-9H,2-7,10,18H2,1H3. The lowest BCUT2D eigenvalue weighted by molar-refractivity contribution is 0.300. The molecule has 1 aliphatic carbocycles. The van der Waals surface area contributed by atoms with E-state index in [0.29, 0.717) is 11.6 Å². The van der Waals surface area contributed by atoms with Crippen molar-refractivity contribution in [2.75, 3.05) is 6.54 Å². The Balaban J connectivity index is 2.09. The molecule has 1 aliphatic rings. The number of nitrogens with two attached hydrogens (primary N) is 1. The molecule has 0 radical (unpaired) electrons. The summed E-state index contributed by atoms with van der Waals surface area (Å²) in [6.45, 7) is 2.61. The van der Waals surface area contributed by atoms with Crippen LogP contribution in [0.3, 0.4) is 0 Å². The third-order valence-corrected chi connectivity index (χ3v) is 4.76. The minimum Gasteiger partial charge on any atom is -0.440 e. The molecule has 0 spiro atoms. The SMILES string of the molecule is Cc1cc(Cl)cc2nc(C3(CN)CCCCCC3)oc12.